The number of sulfonamides is 1. The third-order valence-electron chi connectivity index (χ3n) is 5.06. The summed E-state index contributed by atoms with van der Waals surface area (Å²) in [6, 6.07) is 18.4. The highest BCUT2D eigenvalue weighted by molar-refractivity contribution is 7.92. The second kappa shape index (κ2) is 10.8. The summed E-state index contributed by atoms with van der Waals surface area (Å²) in [4.78, 5) is 23.7. The molecule has 0 aliphatic carbocycles. The number of amides is 2. The number of benzene rings is 3. The van der Waals surface area contributed by atoms with Crippen molar-refractivity contribution in [3.05, 3.63) is 83.4 Å². The van der Waals surface area contributed by atoms with E-state index in [4.69, 9.17) is 4.74 Å². The van der Waals surface area contributed by atoms with Gasteiger partial charge in [0, 0.05) is 30.4 Å². The Bertz CT molecular complexity index is 1270. The third-order valence-corrected chi connectivity index (χ3v) is 6.46. The summed E-state index contributed by atoms with van der Waals surface area (Å²) in [5.74, 6) is -0.473. The van der Waals surface area contributed by atoms with E-state index in [2.05, 4.69) is 15.4 Å². The normalized spacial score (nSPS) is 10.9. The fraction of sp³-hybridized carbons (Fsp3) is 0.200. The predicted molar refractivity (Wildman–Crippen MR) is 132 cm³/mol. The lowest BCUT2D eigenvalue weighted by atomic mass is 10.1. The standard InChI is InChI=1S/C25H27N3O5S/c1-4-18-5-12-22(13-6-18)28-34(31,32)24-15-20(9-14-23(24)33-3)25(30)26-16-19-7-10-21(11-8-19)27-17(2)29/h5-15,28H,4,16H2,1-3H3,(H,26,30)(H,27,29). The fourth-order valence-electron chi connectivity index (χ4n) is 3.24. The van der Waals surface area contributed by atoms with Crippen molar-refractivity contribution >= 4 is 33.2 Å². The molecule has 178 valence electrons. The molecule has 3 N–H and O–H groups in total. The molecule has 0 heterocycles. The summed E-state index contributed by atoms with van der Waals surface area (Å²) in [6.07, 6.45) is 0.845. The molecule has 3 aromatic rings. The van der Waals surface area contributed by atoms with Crippen LogP contribution in [0, 0.1) is 0 Å². The molecule has 0 aliphatic heterocycles. The maximum Gasteiger partial charge on any atom is 0.265 e. The number of methoxy groups -OCH3 is 1. The highest BCUT2D eigenvalue weighted by Gasteiger charge is 2.22. The third kappa shape index (κ3) is 6.35. The second-order valence-electron chi connectivity index (χ2n) is 7.58. The van der Waals surface area contributed by atoms with Gasteiger partial charge in [-0.15, -0.1) is 0 Å². The SMILES string of the molecule is CCc1ccc(NS(=O)(=O)c2cc(C(=O)NCc3ccc(NC(C)=O)cc3)ccc2OC)cc1. The van der Waals surface area contributed by atoms with Gasteiger partial charge in [-0.3, -0.25) is 14.3 Å². The summed E-state index contributed by atoms with van der Waals surface area (Å²) in [5, 5.41) is 5.45. The molecule has 0 bridgehead atoms. The summed E-state index contributed by atoms with van der Waals surface area (Å²) in [5.41, 5.74) is 3.16. The maximum atomic E-state index is 13.0. The van der Waals surface area contributed by atoms with Gasteiger partial charge in [-0.05, 0) is 60.0 Å². The monoisotopic (exact) mass is 481 g/mol. The summed E-state index contributed by atoms with van der Waals surface area (Å²) >= 11 is 0. The van der Waals surface area contributed by atoms with E-state index < -0.39 is 15.9 Å². The van der Waals surface area contributed by atoms with Gasteiger partial charge in [0.25, 0.3) is 15.9 Å². The van der Waals surface area contributed by atoms with E-state index in [-0.39, 0.29) is 28.7 Å². The molecule has 8 nitrogen and oxygen atoms in total. The van der Waals surface area contributed by atoms with E-state index in [9.17, 15) is 18.0 Å². The number of hydrogen-bond donors (Lipinski definition) is 3. The summed E-state index contributed by atoms with van der Waals surface area (Å²) in [6.45, 7) is 3.67. The Morgan fingerprint density at radius 2 is 1.50 bits per heavy atom. The lowest BCUT2D eigenvalue weighted by Crippen LogP contribution is -2.23. The van der Waals surface area contributed by atoms with Gasteiger partial charge in [0.2, 0.25) is 5.91 Å². The minimum absolute atomic E-state index is 0.128. The van der Waals surface area contributed by atoms with Crippen molar-refractivity contribution in [3.63, 3.8) is 0 Å². The second-order valence-corrected chi connectivity index (χ2v) is 9.23. The number of rotatable bonds is 9. The molecule has 0 radical (unpaired) electrons. The number of hydrogen-bond acceptors (Lipinski definition) is 5. The number of carbonyl (C=O) groups is 2. The van der Waals surface area contributed by atoms with E-state index in [0.29, 0.717) is 11.4 Å². The van der Waals surface area contributed by atoms with Gasteiger partial charge in [0.1, 0.15) is 10.6 Å². The molecule has 0 unspecified atom stereocenters. The zero-order valence-corrected chi connectivity index (χ0v) is 20.0. The topological polar surface area (TPSA) is 114 Å². The van der Waals surface area contributed by atoms with E-state index in [1.807, 2.05) is 19.1 Å². The first-order valence-electron chi connectivity index (χ1n) is 10.7. The lowest BCUT2D eigenvalue weighted by Gasteiger charge is -2.14. The van der Waals surface area contributed by atoms with Crippen LogP contribution in [0.4, 0.5) is 11.4 Å². The highest BCUT2D eigenvalue weighted by Crippen LogP contribution is 2.27. The highest BCUT2D eigenvalue weighted by atomic mass is 32.2. The number of carbonyl (C=O) groups excluding carboxylic acids is 2. The molecule has 2 amide bonds. The van der Waals surface area contributed by atoms with Crippen LogP contribution in [0.15, 0.2) is 71.6 Å². The quantitative estimate of drug-likeness (QED) is 0.428. The van der Waals surface area contributed by atoms with Crippen LogP contribution in [0.5, 0.6) is 5.75 Å². The van der Waals surface area contributed by atoms with Gasteiger partial charge in [-0.25, -0.2) is 8.42 Å². The summed E-state index contributed by atoms with van der Waals surface area (Å²) in [7, 11) is -2.63. The van der Waals surface area contributed by atoms with Gasteiger partial charge in [-0.1, -0.05) is 31.2 Å². The zero-order chi connectivity index (χ0) is 24.7. The first kappa shape index (κ1) is 24.8. The lowest BCUT2D eigenvalue weighted by molar-refractivity contribution is -0.114. The van der Waals surface area contributed by atoms with Crippen molar-refractivity contribution in [2.45, 2.75) is 31.7 Å². The molecule has 0 saturated carbocycles. The van der Waals surface area contributed by atoms with Crippen LogP contribution in [-0.4, -0.2) is 27.3 Å². The number of ether oxygens (including phenoxy) is 1. The van der Waals surface area contributed by atoms with E-state index >= 15 is 0 Å². The molecular weight excluding hydrogens is 454 g/mol. The Morgan fingerprint density at radius 1 is 0.882 bits per heavy atom. The molecule has 34 heavy (non-hydrogen) atoms. The van der Waals surface area contributed by atoms with E-state index in [0.717, 1.165) is 17.5 Å². The van der Waals surface area contributed by atoms with Crippen LogP contribution in [0.3, 0.4) is 0 Å². The molecule has 0 fully saturated rings. The Labute approximate surface area is 199 Å². The average molecular weight is 482 g/mol. The average Bonchev–Trinajstić information content (AvgIpc) is 2.83. The number of aryl methyl sites for hydroxylation is 1. The predicted octanol–water partition coefficient (Wildman–Crippen LogP) is 3.95. The van der Waals surface area contributed by atoms with Crippen LogP contribution in [0.25, 0.3) is 0 Å². The van der Waals surface area contributed by atoms with Gasteiger partial charge in [0.05, 0.1) is 7.11 Å². The fourth-order valence-corrected chi connectivity index (χ4v) is 4.49. The Morgan fingerprint density at radius 3 is 2.09 bits per heavy atom. The van der Waals surface area contributed by atoms with Crippen molar-refractivity contribution in [3.8, 4) is 5.75 Å². The van der Waals surface area contributed by atoms with Gasteiger partial charge >= 0.3 is 0 Å². The summed E-state index contributed by atoms with van der Waals surface area (Å²) < 4.78 is 33.9. The van der Waals surface area contributed by atoms with E-state index in [1.165, 1.54) is 32.2 Å². The Balaban J connectivity index is 1.75. The van der Waals surface area contributed by atoms with Gasteiger partial charge in [0.15, 0.2) is 0 Å². The zero-order valence-electron chi connectivity index (χ0n) is 19.2. The number of anilines is 2. The molecule has 0 aromatic heterocycles. The largest absolute Gasteiger partial charge is 0.495 e. The Kier molecular flexibility index (Phi) is 7.91. The molecule has 0 aliphatic rings. The minimum Gasteiger partial charge on any atom is -0.495 e. The van der Waals surface area contributed by atoms with Crippen molar-refractivity contribution in [2.24, 2.45) is 0 Å². The molecule has 0 spiro atoms. The van der Waals surface area contributed by atoms with Gasteiger partial charge < -0.3 is 15.4 Å². The first-order chi connectivity index (χ1) is 16.2. The van der Waals surface area contributed by atoms with Crippen molar-refractivity contribution in [1.29, 1.82) is 0 Å². The molecule has 9 heteroatoms. The van der Waals surface area contributed by atoms with Crippen LogP contribution in [0.2, 0.25) is 0 Å². The molecule has 3 rings (SSSR count). The maximum absolute atomic E-state index is 13.0. The molecule has 0 saturated heterocycles. The van der Waals surface area contributed by atoms with Crippen LogP contribution in [-0.2, 0) is 27.8 Å². The smallest absolute Gasteiger partial charge is 0.265 e. The minimum atomic E-state index is -4.00. The first-order valence-corrected chi connectivity index (χ1v) is 12.1. The Hall–Kier alpha value is -3.85. The van der Waals surface area contributed by atoms with Crippen molar-refractivity contribution in [2.75, 3.05) is 17.1 Å². The van der Waals surface area contributed by atoms with Crippen molar-refractivity contribution in [1.82, 2.24) is 5.32 Å². The number of nitrogens with one attached hydrogen (secondary N) is 3. The molecule has 3 aromatic carbocycles. The van der Waals surface area contributed by atoms with E-state index in [1.54, 1.807) is 36.4 Å². The molecular formula is C25H27N3O5S. The van der Waals surface area contributed by atoms with Crippen LogP contribution >= 0.6 is 0 Å². The van der Waals surface area contributed by atoms with Crippen LogP contribution in [0.1, 0.15) is 35.3 Å². The van der Waals surface area contributed by atoms with Crippen molar-refractivity contribution < 1.29 is 22.7 Å². The molecule has 0 atom stereocenters. The van der Waals surface area contributed by atoms with Crippen LogP contribution < -0.4 is 20.1 Å². The van der Waals surface area contributed by atoms with Gasteiger partial charge in [-0.2, -0.15) is 0 Å².